The molecule has 102 valence electrons. The summed E-state index contributed by atoms with van der Waals surface area (Å²) in [5.74, 6) is -1.82. The molecular weight excluding hydrogens is 310 g/mol. The third-order valence-corrected chi connectivity index (χ3v) is 3.26. The first-order valence-corrected chi connectivity index (χ1v) is 6.64. The molecule has 0 radical (unpaired) electrons. The van der Waals surface area contributed by atoms with Crippen LogP contribution in [-0.2, 0) is 9.59 Å². The Morgan fingerprint density at radius 2 is 2.16 bits per heavy atom. The fraction of sp³-hybridized carbons (Fsp3) is 0.286. The van der Waals surface area contributed by atoms with Crippen molar-refractivity contribution in [2.24, 2.45) is 5.92 Å². The number of carbonyl (C=O) groups is 2. The second-order valence-electron chi connectivity index (χ2n) is 4.34. The van der Waals surface area contributed by atoms with Gasteiger partial charge in [-0.25, -0.2) is 0 Å². The second kappa shape index (κ2) is 7.09. The van der Waals surface area contributed by atoms with Crippen molar-refractivity contribution in [3.05, 3.63) is 39.9 Å². The molecule has 1 aromatic carbocycles. The van der Waals surface area contributed by atoms with Crippen LogP contribution in [0.3, 0.4) is 0 Å². The van der Waals surface area contributed by atoms with Gasteiger partial charge in [-0.1, -0.05) is 35.0 Å². The summed E-state index contributed by atoms with van der Waals surface area (Å²) >= 11 is 3.42. The lowest BCUT2D eigenvalue weighted by Gasteiger charge is -2.06. The Kier molecular flexibility index (Phi) is 5.76. The maximum atomic E-state index is 11.5. The van der Waals surface area contributed by atoms with Crippen LogP contribution in [-0.4, -0.2) is 23.5 Å². The van der Waals surface area contributed by atoms with Crippen LogP contribution in [0.1, 0.15) is 18.1 Å². The zero-order chi connectivity index (χ0) is 14.4. The molecular formula is C14H16BrNO3. The van der Waals surface area contributed by atoms with Gasteiger partial charge in [0.25, 0.3) is 0 Å². The Morgan fingerprint density at radius 1 is 1.47 bits per heavy atom. The normalized spacial score (nSPS) is 12.4. The molecule has 5 heteroatoms. The van der Waals surface area contributed by atoms with Crippen LogP contribution in [0.25, 0.3) is 6.08 Å². The Balaban J connectivity index is 2.56. The lowest BCUT2D eigenvalue weighted by molar-refractivity contribution is -0.141. The van der Waals surface area contributed by atoms with E-state index in [9.17, 15) is 9.59 Å². The summed E-state index contributed by atoms with van der Waals surface area (Å²) in [7, 11) is 0. The molecule has 0 aromatic heterocycles. The predicted molar refractivity (Wildman–Crippen MR) is 77.7 cm³/mol. The molecule has 0 heterocycles. The molecule has 1 unspecified atom stereocenters. The van der Waals surface area contributed by atoms with E-state index in [1.54, 1.807) is 13.0 Å². The first-order valence-electron chi connectivity index (χ1n) is 5.85. The minimum atomic E-state index is -0.925. The second-order valence-corrected chi connectivity index (χ2v) is 5.20. The number of amides is 1. The highest BCUT2D eigenvalue weighted by atomic mass is 79.9. The fourth-order valence-corrected chi connectivity index (χ4v) is 1.96. The van der Waals surface area contributed by atoms with E-state index < -0.39 is 11.9 Å². The number of hydrogen-bond donors (Lipinski definition) is 2. The average Bonchev–Trinajstić information content (AvgIpc) is 2.34. The number of aliphatic carboxylic acids is 1. The van der Waals surface area contributed by atoms with Gasteiger partial charge in [0.1, 0.15) is 0 Å². The van der Waals surface area contributed by atoms with E-state index in [-0.39, 0.29) is 12.5 Å². The summed E-state index contributed by atoms with van der Waals surface area (Å²) in [4.78, 5) is 22.1. The largest absolute Gasteiger partial charge is 0.481 e. The predicted octanol–water partition coefficient (Wildman–Crippen LogP) is 2.61. The van der Waals surface area contributed by atoms with Gasteiger partial charge >= 0.3 is 5.97 Å². The number of carbonyl (C=O) groups excluding carboxylic acids is 1. The van der Waals surface area contributed by atoms with Crippen molar-refractivity contribution < 1.29 is 14.7 Å². The highest BCUT2D eigenvalue weighted by Crippen LogP contribution is 2.19. The Bertz CT molecular complexity index is 511. The van der Waals surface area contributed by atoms with Crippen LogP contribution >= 0.6 is 15.9 Å². The summed E-state index contributed by atoms with van der Waals surface area (Å²) in [5, 5.41) is 11.2. The van der Waals surface area contributed by atoms with Crippen molar-refractivity contribution in [2.75, 3.05) is 6.54 Å². The molecule has 0 aliphatic rings. The Hall–Kier alpha value is -1.62. The van der Waals surface area contributed by atoms with E-state index in [1.807, 2.05) is 25.1 Å². The quantitative estimate of drug-likeness (QED) is 0.818. The van der Waals surface area contributed by atoms with Crippen molar-refractivity contribution in [3.63, 3.8) is 0 Å². The number of halogens is 1. The molecule has 0 fully saturated rings. The summed E-state index contributed by atoms with van der Waals surface area (Å²) in [6.07, 6.45) is 3.08. The minimum Gasteiger partial charge on any atom is -0.481 e. The summed E-state index contributed by atoms with van der Waals surface area (Å²) in [6.45, 7) is 3.65. The van der Waals surface area contributed by atoms with Crippen molar-refractivity contribution in [2.45, 2.75) is 13.8 Å². The molecule has 0 saturated carbocycles. The van der Waals surface area contributed by atoms with Crippen LogP contribution in [0.4, 0.5) is 0 Å². The van der Waals surface area contributed by atoms with Gasteiger partial charge in [0.05, 0.1) is 5.92 Å². The summed E-state index contributed by atoms with van der Waals surface area (Å²) in [5.41, 5.74) is 2.02. The van der Waals surface area contributed by atoms with Gasteiger partial charge in [0.2, 0.25) is 5.91 Å². The van der Waals surface area contributed by atoms with Crippen LogP contribution in [0.5, 0.6) is 0 Å². The maximum absolute atomic E-state index is 11.5. The third-order valence-electron chi connectivity index (χ3n) is 2.57. The minimum absolute atomic E-state index is 0.119. The van der Waals surface area contributed by atoms with Crippen molar-refractivity contribution in [3.8, 4) is 0 Å². The van der Waals surface area contributed by atoms with Gasteiger partial charge in [-0.2, -0.15) is 0 Å². The standard InChI is InChI=1S/C14H16BrNO3/c1-9-3-4-11(12(15)7-9)5-6-13(17)16-8-10(2)14(18)19/h3-7,10H,8H2,1-2H3,(H,16,17)(H,18,19). The molecule has 0 spiro atoms. The molecule has 1 aromatic rings. The van der Waals surface area contributed by atoms with Crippen molar-refractivity contribution in [1.29, 1.82) is 0 Å². The lowest BCUT2D eigenvalue weighted by Crippen LogP contribution is -2.30. The third kappa shape index (κ3) is 5.26. The highest BCUT2D eigenvalue weighted by molar-refractivity contribution is 9.10. The number of benzene rings is 1. The molecule has 1 rings (SSSR count). The lowest BCUT2D eigenvalue weighted by atomic mass is 10.1. The molecule has 0 aliphatic heterocycles. The van der Waals surface area contributed by atoms with Gasteiger partial charge in [0.15, 0.2) is 0 Å². The molecule has 0 saturated heterocycles. The molecule has 1 amide bonds. The molecule has 2 N–H and O–H groups in total. The summed E-state index contributed by atoms with van der Waals surface area (Å²) < 4.78 is 0.912. The van der Waals surface area contributed by atoms with E-state index in [4.69, 9.17) is 5.11 Å². The van der Waals surface area contributed by atoms with Crippen LogP contribution in [0, 0.1) is 12.8 Å². The van der Waals surface area contributed by atoms with E-state index in [0.717, 1.165) is 15.6 Å². The molecule has 0 bridgehead atoms. The number of nitrogens with one attached hydrogen (secondary N) is 1. The number of hydrogen-bond acceptors (Lipinski definition) is 2. The van der Waals surface area contributed by atoms with Gasteiger partial charge in [-0.15, -0.1) is 0 Å². The molecule has 19 heavy (non-hydrogen) atoms. The first kappa shape index (κ1) is 15.4. The van der Waals surface area contributed by atoms with E-state index in [1.165, 1.54) is 6.08 Å². The smallest absolute Gasteiger partial charge is 0.308 e. The number of carboxylic acid groups (broad SMARTS) is 1. The zero-order valence-electron chi connectivity index (χ0n) is 10.8. The number of rotatable bonds is 5. The first-order chi connectivity index (χ1) is 8.90. The molecule has 0 aliphatic carbocycles. The fourth-order valence-electron chi connectivity index (χ4n) is 1.33. The van der Waals surface area contributed by atoms with E-state index in [0.29, 0.717) is 0 Å². The zero-order valence-corrected chi connectivity index (χ0v) is 12.4. The SMILES string of the molecule is Cc1ccc(C=CC(=O)NCC(C)C(=O)O)c(Br)c1. The number of aryl methyl sites for hydroxylation is 1. The van der Waals surface area contributed by atoms with Crippen LogP contribution in [0.15, 0.2) is 28.7 Å². The van der Waals surface area contributed by atoms with Crippen molar-refractivity contribution in [1.82, 2.24) is 5.32 Å². The van der Waals surface area contributed by atoms with Gasteiger partial charge < -0.3 is 10.4 Å². The van der Waals surface area contributed by atoms with Gasteiger partial charge in [0, 0.05) is 17.1 Å². The monoisotopic (exact) mass is 325 g/mol. The van der Waals surface area contributed by atoms with Crippen molar-refractivity contribution >= 4 is 33.9 Å². The van der Waals surface area contributed by atoms with Gasteiger partial charge in [-0.3, -0.25) is 9.59 Å². The topological polar surface area (TPSA) is 66.4 Å². The average molecular weight is 326 g/mol. The maximum Gasteiger partial charge on any atom is 0.308 e. The molecule has 4 nitrogen and oxygen atoms in total. The summed E-state index contributed by atoms with van der Waals surface area (Å²) in [6, 6.07) is 5.82. The Labute approximate surface area is 120 Å². The van der Waals surface area contributed by atoms with E-state index in [2.05, 4.69) is 21.2 Å². The molecule has 1 atom stereocenters. The van der Waals surface area contributed by atoms with E-state index >= 15 is 0 Å². The van der Waals surface area contributed by atoms with Crippen LogP contribution < -0.4 is 5.32 Å². The Morgan fingerprint density at radius 3 is 2.74 bits per heavy atom. The van der Waals surface area contributed by atoms with Crippen LogP contribution in [0.2, 0.25) is 0 Å². The number of carboxylic acids is 1. The highest BCUT2D eigenvalue weighted by Gasteiger charge is 2.10. The van der Waals surface area contributed by atoms with Gasteiger partial charge in [-0.05, 0) is 30.2 Å².